The number of amides is 5. The lowest BCUT2D eigenvalue weighted by molar-refractivity contribution is -0.125. The molecular formula is C23H30N6O5. The second-order valence-corrected chi connectivity index (χ2v) is 8.03. The molecule has 5 amide bonds. The third kappa shape index (κ3) is 6.06. The van der Waals surface area contributed by atoms with Gasteiger partial charge in [-0.25, -0.2) is 4.79 Å². The SMILES string of the molecule is COc1cccc(NC(=O)N[C@H]2CCN(C(=O)c3cccn3C)[C@@H]2C(=O)NCCCC(N)=O)c1. The molecule has 0 spiro atoms. The van der Waals surface area contributed by atoms with Crippen molar-refractivity contribution in [1.82, 2.24) is 20.1 Å². The normalized spacial score (nSPS) is 17.2. The zero-order chi connectivity index (χ0) is 24.7. The fraction of sp³-hybridized carbons (Fsp3) is 0.391. The maximum Gasteiger partial charge on any atom is 0.319 e. The number of aromatic nitrogens is 1. The molecule has 0 unspecified atom stereocenters. The highest BCUT2D eigenvalue weighted by Crippen LogP contribution is 2.22. The zero-order valence-corrected chi connectivity index (χ0v) is 19.2. The molecule has 1 saturated heterocycles. The summed E-state index contributed by atoms with van der Waals surface area (Å²) in [6.07, 6.45) is 2.68. The van der Waals surface area contributed by atoms with Crippen LogP contribution in [0.1, 0.15) is 29.8 Å². The molecule has 11 nitrogen and oxygen atoms in total. The number of aryl methyl sites for hydroxylation is 1. The number of primary amides is 1. The maximum atomic E-state index is 13.2. The van der Waals surface area contributed by atoms with Crippen molar-refractivity contribution in [1.29, 1.82) is 0 Å². The molecule has 3 rings (SSSR count). The van der Waals surface area contributed by atoms with Crippen molar-refractivity contribution in [3.63, 3.8) is 0 Å². The molecule has 2 aromatic rings. The largest absolute Gasteiger partial charge is 0.497 e. The van der Waals surface area contributed by atoms with Crippen molar-refractivity contribution >= 4 is 29.4 Å². The molecule has 0 bridgehead atoms. The Morgan fingerprint density at radius 3 is 2.65 bits per heavy atom. The molecule has 1 aromatic heterocycles. The van der Waals surface area contributed by atoms with Gasteiger partial charge in [0.2, 0.25) is 11.8 Å². The number of anilines is 1. The first kappa shape index (κ1) is 24.6. The molecule has 0 saturated carbocycles. The minimum absolute atomic E-state index is 0.140. The fourth-order valence-corrected chi connectivity index (χ4v) is 3.94. The highest BCUT2D eigenvalue weighted by molar-refractivity contribution is 5.98. The Labute approximate surface area is 197 Å². The number of rotatable bonds is 9. The van der Waals surface area contributed by atoms with Crippen molar-refractivity contribution in [2.24, 2.45) is 12.8 Å². The molecule has 34 heavy (non-hydrogen) atoms. The molecule has 1 aliphatic rings. The summed E-state index contributed by atoms with van der Waals surface area (Å²) in [6, 6.07) is 8.29. The van der Waals surface area contributed by atoms with Crippen LogP contribution in [-0.4, -0.2) is 65.5 Å². The summed E-state index contributed by atoms with van der Waals surface area (Å²) in [7, 11) is 3.28. The first-order valence-corrected chi connectivity index (χ1v) is 11.0. The smallest absolute Gasteiger partial charge is 0.319 e. The number of likely N-dealkylation sites (tertiary alicyclic amines) is 1. The van der Waals surface area contributed by atoms with Crippen LogP contribution in [0.4, 0.5) is 10.5 Å². The molecular weight excluding hydrogens is 440 g/mol. The Bertz CT molecular complexity index is 1050. The minimum atomic E-state index is -0.910. The van der Waals surface area contributed by atoms with Crippen LogP contribution in [0.3, 0.4) is 0 Å². The lowest BCUT2D eigenvalue weighted by Crippen LogP contribution is -2.55. The predicted molar refractivity (Wildman–Crippen MR) is 125 cm³/mol. The van der Waals surface area contributed by atoms with Crippen molar-refractivity contribution in [2.45, 2.75) is 31.3 Å². The number of nitrogens with two attached hydrogens (primary N) is 1. The van der Waals surface area contributed by atoms with E-state index >= 15 is 0 Å². The van der Waals surface area contributed by atoms with Gasteiger partial charge in [-0.15, -0.1) is 0 Å². The average Bonchev–Trinajstić information content (AvgIpc) is 3.42. The summed E-state index contributed by atoms with van der Waals surface area (Å²) in [5, 5.41) is 8.31. The van der Waals surface area contributed by atoms with E-state index in [0.717, 1.165) is 0 Å². The number of nitrogens with zero attached hydrogens (tertiary/aromatic N) is 2. The van der Waals surface area contributed by atoms with E-state index in [2.05, 4.69) is 16.0 Å². The van der Waals surface area contributed by atoms with Crippen LogP contribution in [0.15, 0.2) is 42.6 Å². The van der Waals surface area contributed by atoms with Gasteiger partial charge in [-0.3, -0.25) is 14.4 Å². The van der Waals surface area contributed by atoms with E-state index in [-0.39, 0.29) is 18.9 Å². The molecule has 11 heteroatoms. The Kier molecular flexibility index (Phi) is 8.12. The lowest BCUT2D eigenvalue weighted by Gasteiger charge is -2.28. The Balaban J connectivity index is 1.72. The third-order valence-corrected chi connectivity index (χ3v) is 5.63. The van der Waals surface area contributed by atoms with Crippen molar-refractivity contribution in [3.8, 4) is 5.75 Å². The first-order valence-electron chi connectivity index (χ1n) is 11.0. The van der Waals surface area contributed by atoms with Gasteiger partial charge in [-0.05, 0) is 37.1 Å². The second kappa shape index (κ2) is 11.2. The standard InChI is InChI=1S/C23H30N6O5/c1-28-12-5-8-18(28)22(32)29-13-10-17(20(29)21(31)25-11-4-9-19(24)30)27-23(33)26-15-6-3-7-16(14-15)34-2/h3,5-8,12,14,17,20H,4,9-11,13H2,1-2H3,(H2,24,30)(H,25,31)(H2,26,27,33)/t17-,20-/m0/s1. The summed E-state index contributed by atoms with van der Waals surface area (Å²) >= 11 is 0. The van der Waals surface area contributed by atoms with Crippen LogP contribution in [0.25, 0.3) is 0 Å². The Morgan fingerprint density at radius 2 is 1.97 bits per heavy atom. The van der Waals surface area contributed by atoms with Gasteiger partial charge in [0.1, 0.15) is 17.5 Å². The van der Waals surface area contributed by atoms with E-state index in [1.807, 2.05) is 0 Å². The third-order valence-electron chi connectivity index (χ3n) is 5.63. The monoisotopic (exact) mass is 470 g/mol. The number of urea groups is 1. The van der Waals surface area contributed by atoms with E-state index in [4.69, 9.17) is 10.5 Å². The predicted octanol–water partition coefficient (Wildman–Crippen LogP) is 0.820. The molecule has 2 heterocycles. The van der Waals surface area contributed by atoms with E-state index in [1.54, 1.807) is 54.2 Å². The van der Waals surface area contributed by atoms with E-state index in [1.165, 1.54) is 12.0 Å². The van der Waals surface area contributed by atoms with Crippen LogP contribution in [0.5, 0.6) is 5.75 Å². The molecule has 5 N–H and O–H groups in total. The van der Waals surface area contributed by atoms with Gasteiger partial charge in [-0.1, -0.05) is 6.07 Å². The summed E-state index contributed by atoms with van der Waals surface area (Å²) in [4.78, 5) is 51.4. The van der Waals surface area contributed by atoms with Crippen molar-refractivity contribution in [2.75, 3.05) is 25.5 Å². The molecule has 1 aromatic carbocycles. The first-order chi connectivity index (χ1) is 16.3. The summed E-state index contributed by atoms with van der Waals surface area (Å²) in [6.45, 7) is 0.528. The van der Waals surface area contributed by atoms with Gasteiger partial charge >= 0.3 is 6.03 Å². The Hall–Kier alpha value is -4.02. The van der Waals surface area contributed by atoms with Gasteiger partial charge < -0.3 is 35.9 Å². The van der Waals surface area contributed by atoms with E-state index < -0.39 is 29.9 Å². The molecule has 0 aliphatic carbocycles. The quantitative estimate of drug-likeness (QED) is 0.401. The number of carbonyl (C=O) groups is 4. The van der Waals surface area contributed by atoms with Crippen LogP contribution >= 0.6 is 0 Å². The van der Waals surface area contributed by atoms with Crippen LogP contribution in [-0.2, 0) is 16.6 Å². The number of carbonyl (C=O) groups excluding carboxylic acids is 4. The zero-order valence-electron chi connectivity index (χ0n) is 19.2. The molecule has 1 fully saturated rings. The number of hydrogen-bond donors (Lipinski definition) is 4. The molecule has 0 radical (unpaired) electrons. The van der Waals surface area contributed by atoms with Gasteiger partial charge in [0.05, 0.1) is 13.2 Å². The molecule has 182 valence electrons. The average molecular weight is 471 g/mol. The number of hydrogen-bond acceptors (Lipinski definition) is 5. The number of ether oxygens (including phenoxy) is 1. The van der Waals surface area contributed by atoms with E-state index in [0.29, 0.717) is 36.5 Å². The maximum absolute atomic E-state index is 13.2. The van der Waals surface area contributed by atoms with Gasteiger partial charge in [0.25, 0.3) is 5.91 Å². The van der Waals surface area contributed by atoms with Gasteiger partial charge in [0.15, 0.2) is 0 Å². The van der Waals surface area contributed by atoms with Crippen LogP contribution < -0.4 is 26.4 Å². The number of nitrogens with one attached hydrogen (secondary N) is 3. The van der Waals surface area contributed by atoms with Gasteiger partial charge in [-0.2, -0.15) is 0 Å². The van der Waals surface area contributed by atoms with Gasteiger partial charge in [0, 0.05) is 44.5 Å². The molecule has 2 atom stereocenters. The summed E-state index contributed by atoms with van der Waals surface area (Å²) in [5.41, 5.74) is 6.12. The highest BCUT2D eigenvalue weighted by Gasteiger charge is 2.43. The highest BCUT2D eigenvalue weighted by atomic mass is 16.5. The van der Waals surface area contributed by atoms with Crippen molar-refractivity contribution in [3.05, 3.63) is 48.3 Å². The summed E-state index contributed by atoms with van der Waals surface area (Å²) in [5.74, 6) is -0.575. The van der Waals surface area contributed by atoms with E-state index in [9.17, 15) is 19.2 Å². The number of benzene rings is 1. The second-order valence-electron chi connectivity index (χ2n) is 8.03. The van der Waals surface area contributed by atoms with Crippen LogP contribution in [0, 0.1) is 0 Å². The molecule has 1 aliphatic heterocycles. The topological polar surface area (TPSA) is 148 Å². The summed E-state index contributed by atoms with van der Waals surface area (Å²) < 4.78 is 6.85. The van der Waals surface area contributed by atoms with Crippen LogP contribution in [0.2, 0.25) is 0 Å². The lowest BCUT2D eigenvalue weighted by atomic mass is 10.1. The minimum Gasteiger partial charge on any atom is -0.497 e. The van der Waals surface area contributed by atoms with Crippen molar-refractivity contribution < 1.29 is 23.9 Å². The Morgan fingerprint density at radius 1 is 1.18 bits per heavy atom. The fourth-order valence-electron chi connectivity index (χ4n) is 3.94. The number of methoxy groups -OCH3 is 1.